The number of nitrogens with zero attached hydrogens (tertiary/aromatic N) is 3. The summed E-state index contributed by atoms with van der Waals surface area (Å²) in [7, 11) is 1.60. The number of hydrogen-bond acceptors (Lipinski definition) is 5. The summed E-state index contributed by atoms with van der Waals surface area (Å²) in [4.78, 5) is 26.4. The van der Waals surface area contributed by atoms with Gasteiger partial charge in [-0.25, -0.2) is 9.97 Å². The number of anilines is 1. The predicted molar refractivity (Wildman–Crippen MR) is 111 cm³/mol. The molecule has 1 amide bonds. The Hall–Kier alpha value is -2.93. The van der Waals surface area contributed by atoms with Gasteiger partial charge in [-0.05, 0) is 38.0 Å². The van der Waals surface area contributed by atoms with Gasteiger partial charge in [-0.15, -0.1) is 0 Å². The van der Waals surface area contributed by atoms with Crippen molar-refractivity contribution in [1.82, 2.24) is 25.6 Å². The van der Waals surface area contributed by atoms with Crippen LogP contribution in [0.3, 0.4) is 0 Å². The monoisotopic (exact) mass is 378 g/mol. The number of nitrogens with one attached hydrogen (secondary N) is 3. The molecule has 1 aliphatic heterocycles. The normalized spacial score (nSPS) is 16.7. The lowest BCUT2D eigenvalue weighted by Crippen LogP contribution is -2.33. The number of benzene rings is 1. The molecule has 28 heavy (non-hydrogen) atoms. The third-order valence-electron chi connectivity index (χ3n) is 5.55. The average Bonchev–Trinajstić information content (AvgIpc) is 3.37. The minimum Gasteiger partial charge on any atom is -0.361 e. The maximum Gasteiger partial charge on any atom is 0.288 e. The van der Waals surface area contributed by atoms with E-state index in [1.54, 1.807) is 7.05 Å². The quantitative estimate of drug-likeness (QED) is 0.634. The molecule has 1 aromatic carbocycles. The zero-order valence-electron chi connectivity index (χ0n) is 16.5. The lowest BCUT2D eigenvalue weighted by Gasteiger charge is -2.21. The molecular formula is C21H26N6O. The lowest BCUT2D eigenvalue weighted by molar-refractivity contribution is 0.0952. The van der Waals surface area contributed by atoms with Crippen LogP contribution in [0.2, 0.25) is 0 Å². The Morgan fingerprint density at radius 2 is 2.14 bits per heavy atom. The number of aromatic amines is 1. The summed E-state index contributed by atoms with van der Waals surface area (Å²) in [6.45, 7) is 6.56. The zero-order chi connectivity index (χ0) is 19.7. The molecule has 0 saturated carbocycles. The third kappa shape index (κ3) is 3.45. The zero-order valence-corrected chi connectivity index (χ0v) is 16.5. The molecule has 0 unspecified atom stereocenters. The van der Waals surface area contributed by atoms with Gasteiger partial charge in [0.05, 0.1) is 0 Å². The lowest BCUT2D eigenvalue weighted by atomic mass is 10.1. The van der Waals surface area contributed by atoms with E-state index in [2.05, 4.69) is 54.8 Å². The Morgan fingerprint density at radius 1 is 1.29 bits per heavy atom. The van der Waals surface area contributed by atoms with Crippen LogP contribution in [0, 0.1) is 13.8 Å². The number of fused-ring (bicyclic) bond motifs is 1. The highest BCUT2D eigenvalue weighted by molar-refractivity contribution is 5.90. The Labute approximate surface area is 164 Å². The van der Waals surface area contributed by atoms with Crippen molar-refractivity contribution in [3.63, 3.8) is 0 Å². The molecule has 146 valence electrons. The minimum atomic E-state index is -0.252. The molecule has 1 fully saturated rings. The van der Waals surface area contributed by atoms with Gasteiger partial charge in [-0.3, -0.25) is 4.79 Å². The summed E-state index contributed by atoms with van der Waals surface area (Å²) in [6, 6.07) is 8.86. The standard InChI is InChI=1S/C21H26N6O/c1-13-14(2)25-19(21(28)22-3)26-20(13)27-10-8-16(12-27)24-11-15-5-4-6-18-17(15)7-9-23-18/h4-7,9,16,23-24H,8,10-12H2,1-3H3,(H,22,28)/t16-/m1/s1. The fourth-order valence-corrected chi connectivity index (χ4v) is 3.81. The molecule has 4 rings (SSSR count). The van der Waals surface area contributed by atoms with Crippen molar-refractivity contribution in [2.24, 2.45) is 0 Å². The molecule has 3 aromatic rings. The number of H-pyrrole nitrogens is 1. The van der Waals surface area contributed by atoms with E-state index in [0.29, 0.717) is 6.04 Å². The highest BCUT2D eigenvalue weighted by Gasteiger charge is 2.26. The van der Waals surface area contributed by atoms with Crippen molar-refractivity contribution in [2.45, 2.75) is 32.9 Å². The molecule has 1 atom stereocenters. The summed E-state index contributed by atoms with van der Waals surface area (Å²) in [5.74, 6) is 0.845. The van der Waals surface area contributed by atoms with Gasteiger partial charge >= 0.3 is 0 Å². The van der Waals surface area contributed by atoms with Gasteiger partial charge in [0.25, 0.3) is 5.91 Å². The number of carbonyl (C=O) groups is 1. The van der Waals surface area contributed by atoms with Crippen LogP contribution in [0.1, 0.15) is 33.9 Å². The first-order valence-electron chi connectivity index (χ1n) is 9.67. The number of hydrogen-bond donors (Lipinski definition) is 3. The summed E-state index contributed by atoms with van der Waals surface area (Å²) >= 11 is 0. The second kappa shape index (κ2) is 7.59. The van der Waals surface area contributed by atoms with Crippen LogP contribution in [-0.4, -0.2) is 47.0 Å². The summed E-state index contributed by atoms with van der Waals surface area (Å²) in [5.41, 5.74) is 4.35. The van der Waals surface area contributed by atoms with Crippen molar-refractivity contribution in [1.29, 1.82) is 0 Å². The highest BCUT2D eigenvalue weighted by Crippen LogP contribution is 2.24. The molecule has 7 heteroatoms. The Kier molecular flexibility index (Phi) is 5.00. The van der Waals surface area contributed by atoms with Crippen molar-refractivity contribution in [2.75, 3.05) is 25.0 Å². The molecule has 0 aliphatic carbocycles. The molecule has 2 aromatic heterocycles. The van der Waals surface area contributed by atoms with Gasteiger partial charge in [0.15, 0.2) is 0 Å². The van der Waals surface area contributed by atoms with Crippen molar-refractivity contribution in [3.8, 4) is 0 Å². The van der Waals surface area contributed by atoms with Crippen molar-refractivity contribution < 1.29 is 4.79 Å². The van der Waals surface area contributed by atoms with Crippen LogP contribution in [-0.2, 0) is 6.54 Å². The van der Waals surface area contributed by atoms with Gasteiger partial charge in [0, 0.05) is 61.1 Å². The van der Waals surface area contributed by atoms with Crippen LogP contribution in [0.25, 0.3) is 10.9 Å². The first-order chi connectivity index (χ1) is 13.6. The van der Waals surface area contributed by atoms with E-state index < -0.39 is 0 Å². The molecule has 3 heterocycles. The number of rotatable bonds is 5. The van der Waals surface area contributed by atoms with E-state index in [9.17, 15) is 4.79 Å². The largest absolute Gasteiger partial charge is 0.361 e. The van der Waals surface area contributed by atoms with Gasteiger partial charge in [0.2, 0.25) is 5.82 Å². The minimum absolute atomic E-state index is 0.233. The predicted octanol–water partition coefficient (Wildman–Crippen LogP) is 2.30. The Bertz CT molecular complexity index is 1010. The number of amides is 1. The SMILES string of the molecule is CNC(=O)c1nc(C)c(C)c(N2CC[C@@H](NCc3cccc4[nH]ccc34)C2)n1. The molecule has 7 nitrogen and oxygen atoms in total. The van der Waals surface area contributed by atoms with E-state index in [1.165, 1.54) is 16.5 Å². The molecule has 1 aliphatic rings. The Balaban J connectivity index is 1.46. The van der Waals surface area contributed by atoms with Gasteiger partial charge in [0.1, 0.15) is 5.82 Å². The second-order valence-electron chi connectivity index (χ2n) is 7.33. The molecule has 0 spiro atoms. The first kappa shape index (κ1) is 18.4. The first-order valence-corrected chi connectivity index (χ1v) is 9.67. The molecule has 1 saturated heterocycles. The molecule has 0 radical (unpaired) electrons. The Morgan fingerprint density at radius 3 is 2.96 bits per heavy atom. The average molecular weight is 378 g/mol. The highest BCUT2D eigenvalue weighted by atomic mass is 16.2. The molecule has 3 N–H and O–H groups in total. The molecular weight excluding hydrogens is 352 g/mol. The third-order valence-corrected chi connectivity index (χ3v) is 5.55. The van der Waals surface area contributed by atoms with Gasteiger partial charge < -0.3 is 20.5 Å². The van der Waals surface area contributed by atoms with E-state index >= 15 is 0 Å². The second-order valence-corrected chi connectivity index (χ2v) is 7.33. The van der Waals surface area contributed by atoms with Crippen LogP contribution >= 0.6 is 0 Å². The maximum atomic E-state index is 12.0. The smallest absolute Gasteiger partial charge is 0.288 e. The van der Waals surface area contributed by atoms with Crippen molar-refractivity contribution in [3.05, 3.63) is 53.1 Å². The van der Waals surface area contributed by atoms with E-state index in [1.807, 2.05) is 20.0 Å². The van der Waals surface area contributed by atoms with Crippen LogP contribution in [0.15, 0.2) is 30.5 Å². The number of aryl methyl sites for hydroxylation is 1. The summed E-state index contributed by atoms with van der Waals surface area (Å²) < 4.78 is 0. The van der Waals surface area contributed by atoms with Crippen LogP contribution in [0.5, 0.6) is 0 Å². The fraction of sp³-hybridized carbons (Fsp3) is 0.381. The maximum absolute atomic E-state index is 12.0. The molecule has 0 bridgehead atoms. The fourth-order valence-electron chi connectivity index (χ4n) is 3.81. The van der Waals surface area contributed by atoms with Gasteiger partial charge in [-0.2, -0.15) is 0 Å². The van der Waals surface area contributed by atoms with E-state index in [0.717, 1.165) is 43.1 Å². The number of carbonyl (C=O) groups excluding carboxylic acids is 1. The topological polar surface area (TPSA) is 85.9 Å². The summed E-state index contributed by atoms with van der Waals surface area (Å²) in [5, 5.41) is 7.56. The number of aromatic nitrogens is 3. The van der Waals surface area contributed by atoms with E-state index in [-0.39, 0.29) is 11.7 Å². The van der Waals surface area contributed by atoms with Crippen LogP contribution < -0.4 is 15.5 Å². The summed E-state index contributed by atoms with van der Waals surface area (Å²) in [6.07, 6.45) is 3.02. The van der Waals surface area contributed by atoms with Gasteiger partial charge in [-0.1, -0.05) is 12.1 Å². The van der Waals surface area contributed by atoms with E-state index in [4.69, 9.17) is 0 Å². The van der Waals surface area contributed by atoms with Crippen molar-refractivity contribution >= 4 is 22.6 Å². The van der Waals surface area contributed by atoms with Crippen LogP contribution in [0.4, 0.5) is 5.82 Å².